The molecule has 1 rings (SSSR count). The van der Waals surface area contributed by atoms with Gasteiger partial charge in [0.1, 0.15) is 12.3 Å². The standard InChI is InChI=1S/C15H21NO4/c1-4-12(15(17)20-5-2)8-11-6-7-14(19-3)13(9-11)10-16-18/h6-7,9,12H,4-5,8,10H2,1-3H3. The van der Waals surface area contributed by atoms with Crippen LogP contribution in [-0.4, -0.2) is 19.7 Å². The lowest BCUT2D eigenvalue weighted by atomic mass is 9.95. The van der Waals surface area contributed by atoms with E-state index in [-0.39, 0.29) is 18.4 Å². The van der Waals surface area contributed by atoms with Gasteiger partial charge in [0, 0.05) is 5.56 Å². The zero-order valence-electron chi connectivity index (χ0n) is 12.2. The van der Waals surface area contributed by atoms with E-state index in [1.807, 2.05) is 19.1 Å². The molecule has 110 valence electrons. The number of nitrogens with zero attached hydrogens (tertiary/aromatic N) is 1. The van der Waals surface area contributed by atoms with E-state index in [0.717, 1.165) is 11.1 Å². The zero-order chi connectivity index (χ0) is 15.0. The van der Waals surface area contributed by atoms with Crippen LogP contribution in [0.3, 0.4) is 0 Å². The van der Waals surface area contributed by atoms with Gasteiger partial charge in [0.25, 0.3) is 0 Å². The third-order valence-corrected chi connectivity index (χ3v) is 3.17. The van der Waals surface area contributed by atoms with Gasteiger partial charge < -0.3 is 9.47 Å². The summed E-state index contributed by atoms with van der Waals surface area (Å²) in [5, 5.41) is 2.90. The summed E-state index contributed by atoms with van der Waals surface area (Å²) < 4.78 is 10.2. The third-order valence-electron chi connectivity index (χ3n) is 3.17. The Morgan fingerprint density at radius 3 is 2.65 bits per heavy atom. The molecule has 0 aromatic heterocycles. The lowest BCUT2D eigenvalue weighted by Gasteiger charge is -2.15. The highest BCUT2D eigenvalue weighted by Gasteiger charge is 2.18. The molecule has 0 bridgehead atoms. The van der Waals surface area contributed by atoms with Crippen LogP contribution in [0.4, 0.5) is 0 Å². The van der Waals surface area contributed by atoms with E-state index in [0.29, 0.717) is 25.2 Å². The van der Waals surface area contributed by atoms with E-state index in [4.69, 9.17) is 9.47 Å². The second-order valence-corrected chi connectivity index (χ2v) is 4.49. The van der Waals surface area contributed by atoms with Crippen molar-refractivity contribution in [2.45, 2.75) is 33.2 Å². The highest BCUT2D eigenvalue weighted by Crippen LogP contribution is 2.23. The molecule has 0 spiro atoms. The van der Waals surface area contributed by atoms with Crippen LogP contribution < -0.4 is 4.74 Å². The highest BCUT2D eigenvalue weighted by molar-refractivity contribution is 5.72. The number of rotatable bonds is 8. The molecule has 1 unspecified atom stereocenters. The molecular weight excluding hydrogens is 258 g/mol. The van der Waals surface area contributed by atoms with Crippen molar-refractivity contribution in [2.75, 3.05) is 13.7 Å². The summed E-state index contributed by atoms with van der Waals surface area (Å²) in [5.74, 6) is 0.291. The first-order chi connectivity index (χ1) is 9.65. The van der Waals surface area contributed by atoms with Crippen LogP contribution in [-0.2, 0) is 22.5 Å². The van der Waals surface area contributed by atoms with Crippen molar-refractivity contribution in [3.63, 3.8) is 0 Å². The minimum Gasteiger partial charge on any atom is -0.496 e. The van der Waals surface area contributed by atoms with E-state index in [1.54, 1.807) is 20.1 Å². The summed E-state index contributed by atoms with van der Waals surface area (Å²) in [7, 11) is 1.55. The van der Waals surface area contributed by atoms with Crippen molar-refractivity contribution in [3.8, 4) is 5.75 Å². The number of hydrogen-bond donors (Lipinski definition) is 0. The van der Waals surface area contributed by atoms with Crippen molar-refractivity contribution >= 4 is 5.97 Å². The Balaban J connectivity index is 2.87. The van der Waals surface area contributed by atoms with Gasteiger partial charge in [-0.2, -0.15) is 4.91 Å². The van der Waals surface area contributed by atoms with Gasteiger partial charge in [0.2, 0.25) is 0 Å². The summed E-state index contributed by atoms with van der Waals surface area (Å²) in [4.78, 5) is 22.2. The molecule has 1 aromatic rings. The van der Waals surface area contributed by atoms with Gasteiger partial charge in [-0.15, -0.1) is 0 Å². The molecule has 1 aromatic carbocycles. The Morgan fingerprint density at radius 1 is 1.35 bits per heavy atom. The van der Waals surface area contributed by atoms with Gasteiger partial charge in [-0.1, -0.05) is 24.2 Å². The maximum Gasteiger partial charge on any atom is 0.309 e. The van der Waals surface area contributed by atoms with Crippen LogP contribution in [0.25, 0.3) is 0 Å². The molecule has 0 aliphatic heterocycles. The second-order valence-electron chi connectivity index (χ2n) is 4.49. The summed E-state index contributed by atoms with van der Waals surface area (Å²) in [6, 6.07) is 5.56. The number of ether oxygens (including phenoxy) is 2. The largest absolute Gasteiger partial charge is 0.496 e. The fourth-order valence-corrected chi connectivity index (χ4v) is 2.09. The maximum atomic E-state index is 11.8. The molecule has 0 N–H and O–H groups in total. The van der Waals surface area contributed by atoms with Gasteiger partial charge >= 0.3 is 5.97 Å². The number of nitroso groups, excluding NO2 is 1. The van der Waals surface area contributed by atoms with Crippen molar-refractivity contribution in [1.82, 2.24) is 0 Å². The number of carbonyl (C=O) groups excluding carboxylic acids is 1. The fraction of sp³-hybridized carbons (Fsp3) is 0.533. The Kier molecular flexibility index (Phi) is 6.70. The number of benzene rings is 1. The molecule has 0 saturated carbocycles. The molecule has 0 fully saturated rings. The van der Waals surface area contributed by atoms with E-state index in [9.17, 15) is 9.70 Å². The summed E-state index contributed by atoms with van der Waals surface area (Å²) in [5.41, 5.74) is 1.71. The third kappa shape index (κ3) is 4.33. The number of methoxy groups -OCH3 is 1. The van der Waals surface area contributed by atoms with Crippen LogP contribution in [0.1, 0.15) is 31.4 Å². The van der Waals surface area contributed by atoms with Gasteiger partial charge in [0.15, 0.2) is 0 Å². The minimum absolute atomic E-state index is 0.0627. The van der Waals surface area contributed by atoms with Gasteiger partial charge in [0.05, 0.1) is 19.6 Å². The monoisotopic (exact) mass is 279 g/mol. The first kappa shape index (κ1) is 16.1. The molecule has 0 aliphatic carbocycles. The summed E-state index contributed by atoms with van der Waals surface area (Å²) in [6.45, 7) is 4.20. The summed E-state index contributed by atoms with van der Waals surface area (Å²) >= 11 is 0. The first-order valence-corrected chi connectivity index (χ1v) is 6.77. The lowest BCUT2D eigenvalue weighted by Crippen LogP contribution is -2.19. The molecule has 0 aliphatic rings. The molecule has 1 atom stereocenters. The molecular formula is C15H21NO4. The highest BCUT2D eigenvalue weighted by atomic mass is 16.5. The van der Waals surface area contributed by atoms with E-state index < -0.39 is 0 Å². The van der Waals surface area contributed by atoms with Crippen LogP contribution >= 0.6 is 0 Å². The maximum absolute atomic E-state index is 11.8. The Bertz CT molecular complexity index is 459. The van der Waals surface area contributed by atoms with Crippen LogP contribution in [0, 0.1) is 10.8 Å². The van der Waals surface area contributed by atoms with E-state index in [2.05, 4.69) is 5.18 Å². The Labute approximate surface area is 119 Å². The van der Waals surface area contributed by atoms with Crippen LogP contribution in [0.2, 0.25) is 0 Å². The normalized spacial score (nSPS) is 11.8. The molecule has 0 heterocycles. The topological polar surface area (TPSA) is 65.0 Å². The van der Waals surface area contributed by atoms with Crippen molar-refractivity contribution in [2.24, 2.45) is 11.1 Å². The number of esters is 1. The van der Waals surface area contributed by atoms with Crippen LogP contribution in [0.15, 0.2) is 23.4 Å². The Hall–Kier alpha value is -1.91. The average molecular weight is 279 g/mol. The van der Waals surface area contributed by atoms with Crippen LogP contribution in [0.5, 0.6) is 5.75 Å². The first-order valence-electron chi connectivity index (χ1n) is 6.77. The van der Waals surface area contributed by atoms with Gasteiger partial charge in [-0.05, 0) is 31.4 Å². The van der Waals surface area contributed by atoms with Crippen molar-refractivity contribution < 1.29 is 14.3 Å². The van der Waals surface area contributed by atoms with Crippen molar-refractivity contribution in [1.29, 1.82) is 0 Å². The number of carbonyl (C=O) groups is 1. The molecule has 5 nitrogen and oxygen atoms in total. The molecule has 5 heteroatoms. The lowest BCUT2D eigenvalue weighted by molar-refractivity contribution is -0.148. The van der Waals surface area contributed by atoms with E-state index in [1.165, 1.54) is 0 Å². The smallest absolute Gasteiger partial charge is 0.309 e. The summed E-state index contributed by atoms with van der Waals surface area (Å²) in [6.07, 6.45) is 1.30. The molecule has 0 saturated heterocycles. The van der Waals surface area contributed by atoms with Crippen molar-refractivity contribution in [3.05, 3.63) is 34.2 Å². The molecule has 0 amide bonds. The second kappa shape index (κ2) is 8.30. The number of hydrogen-bond acceptors (Lipinski definition) is 5. The molecule has 0 radical (unpaired) electrons. The van der Waals surface area contributed by atoms with Gasteiger partial charge in [-0.25, -0.2) is 0 Å². The van der Waals surface area contributed by atoms with Gasteiger partial charge in [-0.3, -0.25) is 4.79 Å². The zero-order valence-corrected chi connectivity index (χ0v) is 12.2. The predicted molar refractivity (Wildman–Crippen MR) is 76.6 cm³/mol. The predicted octanol–water partition coefficient (Wildman–Crippen LogP) is 3.09. The Morgan fingerprint density at radius 2 is 2.10 bits per heavy atom. The average Bonchev–Trinajstić information content (AvgIpc) is 2.45. The quantitative estimate of drug-likeness (QED) is 0.542. The molecule has 20 heavy (non-hydrogen) atoms. The van der Waals surface area contributed by atoms with E-state index >= 15 is 0 Å². The SMILES string of the molecule is CCOC(=O)C(CC)Cc1ccc(OC)c(CN=O)c1. The minimum atomic E-state index is -0.180. The fourth-order valence-electron chi connectivity index (χ4n) is 2.09.